The van der Waals surface area contributed by atoms with Crippen molar-refractivity contribution in [1.29, 1.82) is 0 Å². The van der Waals surface area contributed by atoms with Crippen LogP contribution >= 0.6 is 0 Å². The molecule has 0 aliphatic rings. The van der Waals surface area contributed by atoms with Crippen LogP contribution in [0, 0.1) is 0 Å². The van der Waals surface area contributed by atoms with Crippen molar-refractivity contribution in [2.45, 2.75) is 0 Å². The Labute approximate surface area is 122 Å². The molecule has 0 aliphatic heterocycles. The summed E-state index contributed by atoms with van der Waals surface area (Å²) in [5.74, 6) is 0.288. The molecule has 0 saturated carbocycles. The van der Waals surface area contributed by atoms with E-state index in [2.05, 4.69) is 22.1 Å². The summed E-state index contributed by atoms with van der Waals surface area (Å²) in [6.07, 6.45) is 3.52. The Hall–Kier alpha value is -2.94. The third-order valence-electron chi connectivity index (χ3n) is 3.13. The van der Waals surface area contributed by atoms with Crippen LogP contribution in [0.3, 0.4) is 0 Å². The molecule has 2 aromatic carbocycles. The molecule has 0 fully saturated rings. The molecule has 0 atom stereocenters. The molecule has 1 N–H and O–H groups in total. The van der Waals surface area contributed by atoms with E-state index in [1.165, 1.54) is 5.39 Å². The Morgan fingerprint density at radius 1 is 0.619 bits per heavy atom. The van der Waals surface area contributed by atoms with Crippen LogP contribution in [0.2, 0.25) is 0 Å². The molecule has 4 aromatic rings. The van der Waals surface area contributed by atoms with Gasteiger partial charge in [0.1, 0.15) is 5.75 Å². The predicted octanol–water partition coefficient (Wildman–Crippen LogP) is 4.18. The van der Waals surface area contributed by atoms with Crippen molar-refractivity contribution >= 4 is 21.8 Å². The summed E-state index contributed by atoms with van der Waals surface area (Å²) in [6, 6.07) is 21.0. The first-order chi connectivity index (χ1) is 10.3. The lowest BCUT2D eigenvalue weighted by Crippen LogP contribution is -1.75. The molecule has 2 aromatic heterocycles. The highest BCUT2D eigenvalue weighted by Gasteiger charge is 1.95. The number of benzene rings is 2. The molecule has 0 aliphatic carbocycles. The molecule has 0 bridgehead atoms. The van der Waals surface area contributed by atoms with E-state index in [9.17, 15) is 5.11 Å². The third kappa shape index (κ3) is 2.98. The van der Waals surface area contributed by atoms with Crippen molar-refractivity contribution in [3.63, 3.8) is 0 Å². The number of aromatic nitrogens is 2. The molecule has 0 amide bonds. The number of aromatic hydroxyl groups is 1. The van der Waals surface area contributed by atoms with E-state index in [0.717, 1.165) is 16.4 Å². The quantitative estimate of drug-likeness (QED) is 0.523. The highest BCUT2D eigenvalue weighted by Crippen LogP contribution is 2.21. The van der Waals surface area contributed by atoms with Crippen molar-refractivity contribution in [3.05, 3.63) is 79.1 Å². The van der Waals surface area contributed by atoms with Crippen molar-refractivity contribution in [2.75, 3.05) is 0 Å². The van der Waals surface area contributed by atoms with Gasteiger partial charge in [0.15, 0.2) is 0 Å². The van der Waals surface area contributed by atoms with Crippen LogP contribution in [0.25, 0.3) is 21.8 Å². The van der Waals surface area contributed by atoms with Crippen molar-refractivity contribution in [1.82, 2.24) is 9.97 Å². The lowest BCUT2D eigenvalue weighted by atomic mass is 10.2. The van der Waals surface area contributed by atoms with E-state index in [1.807, 2.05) is 48.7 Å². The number of hydrogen-bond donors (Lipinski definition) is 1. The minimum absolute atomic E-state index is 0.288. The molecular formula is C18H14N2O. The van der Waals surface area contributed by atoms with Gasteiger partial charge in [0.05, 0.1) is 11.0 Å². The Morgan fingerprint density at radius 2 is 1.29 bits per heavy atom. The molecule has 3 nitrogen and oxygen atoms in total. The van der Waals surface area contributed by atoms with Crippen molar-refractivity contribution in [3.8, 4) is 5.75 Å². The highest BCUT2D eigenvalue weighted by atomic mass is 16.3. The molecule has 0 unspecified atom stereocenters. The van der Waals surface area contributed by atoms with Gasteiger partial charge in [-0.25, -0.2) is 0 Å². The molecule has 0 spiro atoms. The molecule has 21 heavy (non-hydrogen) atoms. The first-order valence-corrected chi connectivity index (χ1v) is 6.67. The van der Waals surface area contributed by atoms with Gasteiger partial charge < -0.3 is 5.11 Å². The van der Waals surface area contributed by atoms with Crippen LogP contribution in [0.15, 0.2) is 79.1 Å². The van der Waals surface area contributed by atoms with E-state index in [-0.39, 0.29) is 5.75 Å². The summed E-state index contributed by atoms with van der Waals surface area (Å²) < 4.78 is 0. The number of fused-ring (bicyclic) bond motifs is 2. The first-order valence-electron chi connectivity index (χ1n) is 6.67. The molecule has 4 rings (SSSR count). The number of hydrogen-bond acceptors (Lipinski definition) is 3. The Kier molecular flexibility index (Phi) is 3.74. The summed E-state index contributed by atoms with van der Waals surface area (Å²) in [6.45, 7) is 0. The molecular weight excluding hydrogens is 260 g/mol. The second-order valence-corrected chi connectivity index (χ2v) is 4.54. The monoisotopic (exact) mass is 274 g/mol. The summed E-state index contributed by atoms with van der Waals surface area (Å²) in [7, 11) is 0. The van der Waals surface area contributed by atoms with Gasteiger partial charge >= 0.3 is 0 Å². The van der Waals surface area contributed by atoms with Gasteiger partial charge in [-0.2, -0.15) is 0 Å². The molecule has 2 heterocycles. The number of nitrogens with zero attached hydrogens (tertiary/aromatic N) is 2. The van der Waals surface area contributed by atoms with Crippen LogP contribution in [-0.4, -0.2) is 15.1 Å². The number of pyridine rings is 2. The minimum Gasteiger partial charge on any atom is -0.507 e. The number of phenolic OH excluding ortho intramolecular Hbond substituents is 1. The van der Waals surface area contributed by atoms with E-state index in [4.69, 9.17) is 0 Å². The lowest BCUT2D eigenvalue weighted by Gasteiger charge is -1.96. The second-order valence-electron chi connectivity index (χ2n) is 4.54. The number of para-hydroxylation sites is 1. The standard InChI is InChI=1S/C9H7NO.C9H7N/c11-9-5-1-4-8-7(9)3-2-6-10-8;1-2-6-9-8(4-1)5-3-7-10-9/h1-6,11H;1-7H. The van der Waals surface area contributed by atoms with Crippen LogP contribution < -0.4 is 0 Å². The van der Waals surface area contributed by atoms with Gasteiger partial charge in [-0.1, -0.05) is 30.3 Å². The maximum atomic E-state index is 9.33. The molecule has 0 saturated heterocycles. The van der Waals surface area contributed by atoms with Gasteiger partial charge in [-0.05, 0) is 36.4 Å². The van der Waals surface area contributed by atoms with E-state index in [0.29, 0.717) is 0 Å². The first kappa shape index (κ1) is 13.1. The highest BCUT2D eigenvalue weighted by molar-refractivity contribution is 5.84. The molecule has 3 heteroatoms. The van der Waals surface area contributed by atoms with E-state index < -0.39 is 0 Å². The van der Waals surface area contributed by atoms with E-state index in [1.54, 1.807) is 18.3 Å². The summed E-state index contributed by atoms with van der Waals surface area (Å²) in [5, 5.41) is 11.3. The second kappa shape index (κ2) is 6.01. The van der Waals surface area contributed by atoms with Crippen LogP contribution in [0.4, 0.5) is 0 Å². The fraction of sp³-hybridized carbons (Fsp3) is 0. The van der Waals surface area contributed by atoms with Crippen LogP contribution in [0.5, 0.6) is 5.75 Å². The van der Waals surface area contributed by atoms with Gasteiger partial charge in [-0.15, -0.1) is 0 Å². The van der Waals surface area contributed by atoms with Crippen molar-refractivity contribution < 1.29 is 5.11 Å². The zero-order valence-corrected chi connectivity index (χ0v) is 11.3. The fourth-order valence-electron chi connectivity index (χ4n) is 2.10. The minimum atomic E-state index is 0.288. The summed E-state index contributed by atoms with van der Waals surface area (Å²) in [4.78, 5) is 8.26. The maximum Gasteiger partial charge on any atom is 0.124 e. The van der Waals surface area contributed by atoms with Gasteiger partial charge in [0.2, 0.25) is 0 Å². The Balaban J connectivity index is 0.000000126. The average molecular weight is 274 g/mol. The smallest absolute Gasteiger partial charge is 0.124 e. The van der Waals surface area contributed by atoms with Crippen LogP contribution in [0.1, 0.15) is 0 Å². The SMILES string of the molecule is Oc1cccc2ncccc12.c1ccc2ncccc2c1. The largest absolute Gasteiger partial charge is 0.507 e. The van der Waals surface area contributed by atoms with Gasteiger partial charge in [0.25, 0.3) is 0 Å². The lowest BCUT2D eigenvalue weighted by molar-refractivity contribution is 0.481. The van der Waals surface area contributed by atoms with Crippen molar-refractivity contribution in [2.24, 2.45) is 0 Å². The number of rotatable bonds is 0. The van der Waals surface area contributed by atoms with Crippen LogP contribution in [-0.2, 0) is 0 Å². The molecule has 102 valence electrons. The Morgan fingerprint density at radius 3 is 2.10 bits per heavy atom. The van der Waals surface area contributed by atoms with Gasteiger partial charge in [0, 0.05) is 23.2 Å². The zero-order chi connectivity index (χ0) is 14.5. The normalized spacial score (nSPS) is 10.1. The predicted molar refractivity (Wildman–Crippen MR) is 85.2 cm³/mol. The van der Waals surface area contributed by atoms with E-state index >= 15 is 0 Å². The fourth-order valence-corrected chi connectivity index (χ4v) is 2.10. The maximum absolute atomic E-state index is 9.33. The summed E-state index contributed by atoms with van der Waals surface area (Å²) >= 11 is 0. The number of phenols is 1. The zero-order valence-electron chi connectivity index (χ0n) is 11.3. The molecule has 0 radical (unpaired) electrons. The van der Waals surface area contributed by atoms with Gasteiger partial charge in [-0.3, -0.25) is 9.97 Å². The Bertz CT molecular complexity index is 804. The topological polar surface area (TPSA) is 46.0 Å². The summed E-state index contributed by atoms with van der Waals surface area (Å²) in [5.41, 5.74) is 1.89. The average Bonchev–Trinajstić information content (AvgIpc) is 2.56. The third-order valence-corrected chi connectivity index (χ3v) is 3.13.